The lowest BCUT2D eigenvalue weighted by molar-refractivity contribution is -0.114. The van der Waals surface area contributed by atoms with Crippen LogP contribution < -0.4 is 36.9 Å². The molecule has 10 N–H and O–H groups in total. The Balaban J connectivity index is 0.000000192. The maximum atomic E-state index is 12.7. The average molecular weight is 1620 g/mol. The van der Waals surface area contributed by atoms with Gasteiger partial charge in [-0.15, -0.1) is 45.3 Å². The van der Waals surface area contributed by atoms with Crippen LogP contribution in [0, 0.1) is 5.41 Å². The van der Waals surface area contributed by atoms with Crippen LogP contribution in [-0.4, -0.2) is 135 Å². The molecule has 0 fully saturated rings. The van der Waals surface area contributed by atoms with Crippen molar-refractivity contribution in [1.29, 1.82) is 5.41 Å². The largest absolute Gasteiger partial charge is 0.506 e. The molecule has 28 heteroatoms. The molecular weight excluding hydrogens is 1530 g/mol. The predicted molar refractivity (Wildman–Crippen MR) is 423 cm³/mol. The first-order valence-electron chi connectivity index (χ1n) is 33.1. The molecule has 0 bridgehead atoms. The van der Waals surface area contributed by atoms with Crippen molar-refractivity contribution >= 4 is 185 Å². The van der Waals surface area contributed by atoms with E-state index in [4.69, 9.17) is 62.0 Å². The van der Waals surface area contributed by atoms with Crippen molar-refractivity contribution in [1.82, 2.24) is 15.1 Å². The molecule has 0 saturated heterocycles. The zero-order chi connectivity index (χ0) is 74.2. The number of carbonyl (C=O) groups is 5. The summed E-state index contributed by atoms with van der Waals surface area (Å²) in [6.45, 7) is 25.4. The molecule has 0 radical (unpaired) electrons. The average Bonchev–Trinajstić information content (AvgIpc) is 1.65. The minimum atomic E-state index is -0.525. The number of phenols is 1. The van der Waals surface area contributed by atoms with Crippen molar-refractivity contribution in [3.63, 3.8) is 0 Å². The van der Waals surface area contributed by atoms with E-state index < -0.39 is 17.9 Å². The van der Waals surface area contributed by atoms with Crippen LogP contribution >= 0.6 is 88.8 Å². The van der Waals surface area contributed by atoms with E-state index in [0.717, 1.165) is 94.4 Å². The molecule has 102 heavy (non-hydrogen) atoms. The number of nitrogen functional groups attached to an aromatic ring is 2. The van der Waals surface area contributed by atoms with E-state index in [-0.39, 0.29) is 42.2 Å². The maximum Gasteiger partial charge on any atom is 0.341 e. The SMILES string of the molecule is CCOC(=N)c1c(NC(C)=O)sc2c(Cl)c(CNCCO)ccc12.CCOC(=O)c1c(N)sc2c(OCCN(CC)CC)c(Br)ccc12.CCOC(=O)c1c(N)sc2c(OCc3ccccc3)c(Br)ccc12.CCOC(=O)c1c(NC(=O)c2ccccc2)sc2c(O)c(CN(CC)CC)ccc12. The number of hydrogen-bond donors (Lipinski definition) is 8. The number of fused-ring (bicyclic) bond motifs is 4. The Kier molecular flexibility index (Phi) is 32.1. The lowest BCUT2D eigenvalue weighted by atomic mass is 10.1. The molecule has 0 aliphatic rings. The van der Waals surface area contributed by atoms with Crippen LogP contribution in [0.25, 0.3) is 40.3 Å². The summed E-state index contributed by atoms with van der Waals surface area (Å²) in [6, 6.07) is 33.5. The number of carbonyl (C=O) groups excluding carboxylic acids is 5. The molecule has 6 aromatic carbocycles. The summed E-state index contributed by atoms with van der Waals surface area (Å²) in [5.74, 6) is -0.303. The minimum absolute atomic E-state index is 0.00900. The number of ether oxygens (including phenoxy) is 6. The number of phenolic OH excluding ortho intramolecular Hbond substituents is 1. The van der Waals surface area contributed by atoms with Gasteiger partial charge in [0.15, 0.2) is 11.5 Å². The third-order valence-corrected chi connectivity index (χ3v) is 21.7. The first kappa shape index (κ1) is 81.4. The Labute approximate surface area is 631 Å². The Bertz CT molecular complexity index is 4530. The molecule has 0 aliphatic heterocycles. The number of thiophene rings is 4. The summed E-state index contributed by atoms with van der Waals surface area (Å²) in [6.07, 6.45) is 0. The topological polar surface area (TPSA) is 300 Å². The van der Waals surface area contributed by atoms with E-state index >= 15 is 0 Å². The molecule has 0 atom stereocenters. The van der Waals surface area contributed by atoms with Crippen molar-refractivity contribution in [3.05, 3.63) is 168 Å². The molecule has 10 aromatic rings. The molecule has 21 nitrogen and oxygen atoms in total. The van der Waals surface area contributed by atoms with Gasteiger partial charge in [0, 0.05) is 65.8 Å². The third kappa shape index (κ3) is 20.7. The number of benzene rings is 6. The number of aliphatic hydroxyl groups excluding tert-OH is 1. The van der Waals surface area contributed by atoms with Gasteiger partial charge in [0.2, 0.25) is 11.8 Å². The van der Waals surface area contributed by atoms with Gasteiger partial charge < -0.3 is 71.0 Å². The van der Waals surface area contributed by atoms with E-state index in [0.29, 0.717) is 116 Å². The van der Waals surface area contributed by atoms with E-state index in [1.54, 1.807) is 52.0 Å². The summed E-state index contributed by atoms with van der Waals surface area (Å²) >= 11 is 18.7. The van der Waals surface area contributed by atoms with Crippen molar-refractivity contribution in [2.24, 2.45) is 0 Å². The Morgan fingerprint density at radius 3 is 1.55 bits per heavy atom. The second-order valence-corrected chi connectivity index (χ2v) is 28.3. The van der Waals surface area contributed by atoms with Gasteiger partial charge in [-0.2, -0.15) is 0 Å². The van der Waals surface area contributed by atoms with Gasteiger partial charge in [-0.3, -0.25) is 19.9 Å². The van der Waals surface area contributed by atoms with Crippen LogP contribution in [-0.2, 0) is 43.4 Å². The van der Waals surface area contributed by atoms with Gasteiger partial charge in [-0.1, -0.05) is 124 Å². The van der Waals surface area contributed by atoms with E-state index in [9.17, 15) is 29.1 Å². The number of aromatic hydroxyl groups is 1. The standard InChI is InChI=1S/C23H26N2O4S.C18H16BrNO3S.C17H23BrN2O3S.C16H20ClN3O3S/c1-4-25(5-2)14-16-12-13-17-18(23(28)29-6-3)22(30-20(17)19(16)26)24-21(27)15-10-8-7-9-11-15;1-2-22-18(21)14-12-8-9-13(19)15(16(12)24-17(14)20)23-10-11-6-4-3-5-7-11;1-4-20(5-2)9-10-23-14-12(18)8-7-11-13(17(21)22-6-3)16(19)24-15(11)14;1-3-23-15(18)12-11-5-4-10(8-19-6-7-21)13(17)14(11)24-16(12)20-9(2)22/h7-13,26H,4-6,14H2,1-3H3,(H,24,27);3-9H,2,10,20H2,1H3;7-8H,4-6,9-10,19H2,1-3H3;4-5,18-19,21H,3,6-8H2,1-2H3,(H,20,22). The zero-order valence-corrected chi connectivity index (χ0v) is 65.4. The van der Waals surface area contributed by atoms with Crippen LogP contribution in [0.4, 0.5) is 20.0 Å². The molecular formula is C74H85Br2ClN8O13S4. The van der Waals surface area contributed by atoms with Gasteiger partial charge in [0.05, 0.1) is 71.4 Å². The number of aliphatic hydroxyl groups is 1. The van der Waals surface area contributed by atoms with Crippen LogP contribution in [0.3, 0.4) is 0 Å². The van der Waals surface area contributed by atoms with E-state index in [1.807, 2.05) is 84.9 Å². The molecule has 0 spiro atoms. The van der Waals surface area contributed by atoms with Crippen molar-refractivity contribution in [3.8, 4) is 17.2 Å². The fourth-order valence-electron chi connectivity index (χ4n) is 10.5. The summed E-state index contributed by atoms with van der Waals surface area (Å²) in [5, 5.41) is 41.8. The normalized spacial score (nSPS) is 11.0. The third-order valence-electron chi connectivity index (χ3n) is 15.6. The number of hydrogen-bond acceptors (Lipinski definition) is 23. The van der Waals surface area contributed by atoms with Crippen LogP contribution in [0.2, 0.25) is 5.02 Å². The number of esters is 3. The molecule has 0 saturated carbocycles. The van der Waals surface area contributed by atoms with Gasteiger partial charge in [-0.25, -0.2) is 14.4 Å². The van der Waals surface area contributed by atoms with Gasteiger partial charge in [-0.05, 0) is 121 Å². The fourth-order valence-corrected chi connectivity index (χ4v) is 16.4. The quantitative estimate of drug-likeness (QED) is 0.00743. The molecule has 4 heterocycles. The van der Waals surface area contributed by atoms with Gasteiger partial charge >= 0.3 is 17.9 Å². The molecule has 544 valence electrons. The number of anilines is 4. The number of nitrogens with one attached hydrogen (secondary N) is 4. The molecule has 4 aromatic heterocycles. The molecule has 0 unspecified atom stereocenters. The van der Waals surface area contributed by atoms with Crippen molar-refractivity contribution in [2.75, 3.05) is 101 Å². The highest BCUT2D eigenvalue weighted by atomic mass is 79.9. The minimum Gasteiger partial charge on any atom is -0.506 e. The number of halogens is 3. The summed E-state index contributed by atoms with van der Waals surface area (Å²) in [4.78, 5) is 65.6. The summed E-state index contributed by atoms with van der Waals surface area (Å²) in [7, 11) is 0. The highest BCUT2D eigenvalue weighted by molar-refractivity contribution is 9.11. The second-order valence-electron chi connectivity index (χ2n) is 22.1. The molecule has 2 amide bonds. The summed E-state index contributed by atoms with van der Waals surface area (Å²) < 4.78 is 37.5. The van der Waals surface area contributed by atoms with Gasteiger partial charge in [0.25, 0.3) is 5.91 Å². The van der Waals surface area contributed by atoms with Crippen molar-refractivity contribution in [2.45, 2.75) is 82.0 Å². The highest BCUT2D eigenvalue weighted by Crippen LogP contribution is 2.47. The predicted octanol–water partition coefficient (Wildman–Crippen LogP) is 17.0. The number of nitrogens with two attached hydrogens (primary N) is 2. The monoisotopic (exact) mass is 1610 g/mol. The van der Waals surface area contributed by atoms with E-state index in [1.165, 1.54) is 52.3 Å². The van der Waals surface area contributed by atoms with Crippen molar-refractivity contribution < 1.29 is 62.6 Å². The number of amides is 2. The molecule has 10 rings (SSSR count). The Morgan fingerprint density at radius 2 is 1.03 bits per heavy atom. The lowest BCUT2D eigenvalue weighted by Crippen LogP contribution is -2.27. The zero-order valence-electron chi connectivity index (χ0n) is 58.2. The first-order valence-corrected chi connectivity index (χ1v) is 38.3. The Morgan fingerprint density at radius 1 is 0.559 bits per heavy atom. The molecule has 0 aliphatic carbocycles. The number of rotatable bonds is 28. The van der Waals surface area contributed by atoms with E-state index in [2.05, 4.69) is 85.3 Å². The Hall–Kier alpha value is -7.93. The number of likely N-dealkylation sites (N-methyl/N-ethyl adjacent to an activating group) is 1. The smallest absolute Gasteiger partial charge is 0.341 e. The summed E-state index contributed by atoms with van der Waals surface area (Å²) in [5.41, 5.74) is 17.0. The fraction of sp³-hybridized carbons (Fsp3) is 0.324. The lowest BCUT2D eigenvalue weighted by Gasteiger charge is -2.18. The second kappa shape index (κ2) is 40.2. The van der Waals surface area contributed by atoms with Crippen LogP contribution in [0.1, 0.15) is 126 Å². The maximum absolute atomic E-state index is 12.7. The van der Waals surface area contributed by atoms with Crippen LogP contribution in [0.15, 0.2) is 118 Å². The van der Waals surface area contributed by atoms with Gasteiger partial charge in [0.1, 0.15) is 55.7 Å². The number of nitrogens with zero attached hydrogens (tertiary/aromatic N) is 2. The van der Waals surface area contributed by atoms with Crippen LogP contribution in [0.5, 0.6) is 17.2 Å². The first-order chi connectivity index (χ1) is 49.1. The highest BCUT2D eigenvalue weighted by Gasteiger charge is 2.28.